The Hall–Kier alpha value is -1.66. The fourth-order valence-corrected chi connectivity index (χ4v) is 3.53. The Bertz CT molecular complexity index is 754. The van der Waals surface area contributed by atoms with Crippen molar-refractivity contribution < 1.29 is 33.2 Å². The Kier molecular flexibility index (Phi) is 5.53. The second-order valence-corrected chi connectivity index (χ2v) is 6.71. The van der Waals surface area contributed by atoms with E-state index in [9.17, 15) is 28.5 Å². The zero-order valence-electron chi connectivity index (χ0n) is 13.5. The minimum atomic E-state index is -1.59. The van der Waals surface area contributed by atoms with Crippen LogP contribution >= 0.6 is 11.8 Å². The van der Waals surface area contributed by atoms with Crippen LogP contribution in [0.5, 0.6) is 0 Å². The summed E-state index contributed by atoms with van der Waals surface area (Å²) >= 11 is 1.19. The molecule has 1 saturated heterocycles. The van der Waals surface area contributed by atoms with Gasteiger partial charge in [0, 0.05) is 5.56 Å². The molecule has 3 rings (SSSR count). The Balaban J connectivity index is 1.95. The van der Waals surface area contributed by atoms with Crippen molar-refractivity contribution in [3.05, 3.63) is 35.8 Å². The number of halogens is 3. The van der Waals surface area contributed by atoms with Crippen LogP contribution in [0.3, 0.4) is 0 Å². The predicted molar refractivity (Wildman–Crippen MR) is 85.6 cm³/mol. The Morgan fingerprint density at radius 3 is 2.42 bits per heavy atom. The van der Waals surface area contributed by atoms with Gasteiger partial charge in [-0.15, -0.1) is 16.9 Å². The first-order valence-corrected chi connectivity index (χ1v) is 8.88. The van der Waals surface area contributed by atoms with Gasteiger partial charge in [-0.3, -0.25) is 0 Å². The average Bonchev–Trinajstić information content (AvgIpc) is 3.09. The largest absolute Gasteiger partial charge is 0.394 e. The van der Waals surface area contributed by atoms with Gasteiger partial charge in [0.05, 0.1) is 12.8 Å². The molecule has 11 heteroatoms. The Morgan fingerprint density at radius 1 is 1.19 bits per heavy atom. The van der Waals surface area contributed by atoms with Gasteiger partial charge in [0.1, 0.15) is 35.5 Å². The molecular weight excluding hydrogens is 375 g/mol. The fourth-order valence-electron chi connectivity index (χ4n) is 2.83. The predicted octanol–water partition coefficient (Wildman–Crippen LogP) is 0.705. The van der Waals surface area contributed by atoms with Crippen LogP contribution in [0.2, 0.25) is 0 Å². The molecule has 7 nitrogen and oxygen atoms in total. The first kappa shape index (κ1) is 19.1. The quantitative estimate of drug-likeness (QED) is 0.660. The van der Waals surface area contributed by atoms with Crippen molar-refractivity contribution in [1.82, 2.24) is 15.0 Å². The van der Waals surface area contributed by atoms with E-state index < -0.39 is 53.8 Å². The maximum Gasteiger partial charge on any atom is 0.194 e. The lowest BCUT2D eigenvalue weighted by atomic mass is 9.97. The fraction of sp³-hybridized carbons (Fsp3) is 0.467. The van der Waals surface area contributed by atoms with Crippen molar-refractivity contribution in [2.75, 3.05) is 12.9 Å². The number of rotatable bonds is 4. The molecule has 1 aliphatic heterocycles. The van der Waals surface area contributed by atoms with Gasteiger partial charge in [-0.2, -0.15) is 0 Å². The Labute approximate surface area is 150 Å². The lowest BCUT2D eigenvalue weighted by molar-refractivity contribution is -0.178. The van der Waals surface area contributed by atoms with Gasteiger partial charge in [0.15, 0.2) is 17.5 Å². The van der Waals surface area contributed by atoms with Crippen LogP contribution in [-0.4, -0.2) is 66.9 Å². The first-order chi connectivity index (χ1) is 12.4. The van der Waals surface area contributed by atoms with Crippen molar-refractivity contribution >= 4 is 11.8 Å². The summed E-state index contributed by atoms with van der Waals surface area (Å²) in [5.41, 5.74) is -0.757. The van der Waals surface area contributed by atoms with Gasteiger partial charge >= 0.3 is 0 Å². The summed E-state index contributed by atoms with van der Waals surface area (Å²) in [5, 5.41) is 37.7. The SMILES string of the molecule is CS[C@@H]1O[C@H](CO)[C@H](O)[C@H](n2cc(-c3cc(F)c(F)c(F)c3)nn2)[C@H]1O. The van der Waals surface area contributed by atoms with Crippen LogP contribution in [0.4, 0.5) is 13.2 Å². The topological polar surface area (TPSA) is 101 Å². The highest BCUT2D eigenvalue weighted by molar-refractivity contribution is 7.99. The molecular formula is C15H16F3N3O4S. The molecule has 3 N–H and O–H groups in total. The van der Waals surface area contributed by atoms with Gasteiger partial charge in [0.2, 0.25) is 0 Å². The molecule has 2 heterocycles. The maximum atomic E-state index is 13.4. The number of benzene rings is 1. The van der Waals surface area contributed by atoms with E-state index in [1.807, 2.05) is 0 Å². The van der Waals surface area contributed by atoms with Crippen molar-refractivity contribution in [1.29, 1.82) is 0 Å². The number of aliphatic hydroxyl groups excluding tert-OH is 3. The summed E-state index contributed by atoms with van der Waals surface area (Å²) in [6, 6.07) is 0.532. The number of aliphatic hydroxyl groups is 3. The third-order valence-corrected chi connectivity index (χ3v) is 5.03. The molecule has 0 aliphatic carbocycles. The third kappa shape index (κ3) is 3.32. The maximum absolute atomic E-state index is 13.4. The summed E-state index contributed by atoms with van der Waals surface area (Å²) in [7, 11) is 0. The van der Waals surface area contributed by atoms with Crippen molar-refractivity contribution in [2.24, 2.45) is 0 Å². The second-order valence-electron chi connectivity index (χ2n) is 5.77. The summed E-state index contributed by atoms with van der Waals surface area (Å²) in [4.78, 5) is 0. The van der Waals surface area contributed by atoms with E-state index in [2.05, 4.69) is 10.3 Å². The smallest absolute Gasteiger partial charge is 0.194 e. The number of ether oxygens (including phenoxy) is 1. The third-order valence-electron chi connectivity index (χ3n) is 4.18. The molecule has 0 spiro atoms. The van der Waals surface area contributed by atoms with E-state index in [-0.39, 0.29) is 11.3 Å². The monoisotopic (exact) mass is 391 g/mol. The number of hydrogen-bond acceptors (Lipinski definition) is 7. The van der Waals surface area contributed by atoms with E-state index in [0.717, 1.165) is 16.8 Å². The number of aromatic nitrogens is 3. The molecule has 0 unspecified atom stereocenters. The summed E-state index contributed by atoms with van der Waals surface area (Å²) in [6.45, 7) is -0.475. The highest BCUT2D eigenvalue weighted by Crippen LogP contribution is 2.34. The molecule has 0 radical (unpaired) electrons. The molecule has 0 saturated carbocycles. The van der Waals surface area contributed by atoms with Crippen LogP contribution in [0.25, 0.3) is 11.3 Å². The average molecular weight is 391 g/mol. The molecule has 0 amide bonds. The summed E-state index contributed by atoms with van der Waals surface area (Å²) in [6.07, 6.45) is -0.475. The van der Waals surface area contributed by atoms with Gasteiger partial charge in [-0.1, -0.05) is 5.21 Å². The van der Waals surface area contributed by atoms with Crippen molar-refractivity contribution in [2.45, 2.75) is 29.8 Å². The van der Waals surface area contributed by atoms with Crippen LogP contribution in [-0.2, 0) is 4.74 Å². The van der Waals surface area contributed by atoms with Crippen molar-refractivity contribution in [3.8, 4) is 11.3 Å². The summed E-state index contributed by atoms with van der Waals surface area (Å²) < 4.78 is 46.5. The van der Waals surface area contributed by atoms with E-state index >= 15 is 0 Å². The number of nitrogens with zero attached hydrogens (tertiary/aromatic N) is 3. The van der Waals surface area contributed by atoms with Crippen LogP contribution in [0, 0.1) is 17.5 Å². The molecule has 1 aliphatic rings. The molecule has 5 atom stereocenters. The van der Waals surface area contributed by atoms with Gasteiger partial charge in [-0.05, 0) is 18.4 Å². The standard InChI is InChI=1S/C15H16F3N3O4S/c1-26-15-14(24)12(13(23)10(5-22)25-15)21-4-9(19-20-21)6-2-7(16)11(18)8(17)3-6/h2-4,10,12-15,22-24H,5H2,1H3/t10-,12+,13+,14-,15+/m1/s1. The van der Waals surface area contributed by atoms with E-state index in [1.54, 1.807) is 6.26 Å². The minimum Gasteiger partial charge on any atom is -0.394 e. The Morgan fingerprint density at radius 2 is 1.85 bits per heavy atom. The zero-order chi connectivity index (χ0) is 19.0. The lowest BCUT2D eigenvalue weighted by Crippen LogP contribution is -2.54. The lowest BCUT2D eigenvalue weighted by Gasteiger charge is -2.41. The highest BCUT2D eigenvalue weighted by atomic mass is 32.2. The second kappa shape index (κ2) is 7.53. The van der Waals surface area contributed by atoms with Crippen LogP contribution < -0.4 is 0 Å². The van der Waals surface area contributed by atoms with E-state index in [0.29, 0.717) is 0 Å². The first-order valence-electron chi connectivity index (χ1n) is 7.59. The molecule has 1 fully saturated rings. The molecule has 142 valence electrons. The number of thioether (sulfide) groups is 1. The molecule has 1 aromatic carbocycles. The molecule has 1 aromatic heterocycles. The van der Waals surface area contributed by atoms with Gasteiger partial charge in [0.25, 0.3) is 0 Å². The van der Waals surface area contributed by atoms with Crippen LogP contribution in [0.15, 0.2) is 18.3 Å². The molecule has 2 aromatic rings. The summed E-state index contributed by atoms with van der Waals surface area (Å²) in [5.74, 6) is -4.34. The minimum absolute atomic E-state index is 0.0231. The zero-order valence-corrected chi connectivity index (χ0v) is 14.3. The number of hydrogen-bond donors (Lipinski definition) is 3. The van der Waals surface area contributed by atoms with Crippen LogP contribution in [0.1, 0.15) is 6.04 Å². The van der Waals surface area contributed by atoms with Gasteiger partial charge in [-0.25, -0.2) is 17.9 Å². The van der Waals surface area contributed by atoms with Crippen molar-refractivity contribution in [3.63, 3.8) is 0 Å². The van der Waals surface area contributed by atoms with E-state index in [4.69, 9.17) is 4.74 Å². The molecule has 26 heavy (non-hydrogen) atoms. The molecule has 0 bridgehead atoms. The highest BCUT2D eigenvalue weighted by Gasteiger charge is 2.45. The van der Waals surface area contributed by atoms with Gasteiger partial charge < -0.3 is 20.1 Å². The van der Waals surface area contributed by atoms with E-state index in [1.165, 1.54) is 18.0 Å². The normalized spacial score (nSPS) is 29.1.